The minimum absolute atomic E-state index is 0.130. The van der Waals surface area contributed by atoms with E-state index in [9.17, 15) is 16.8 Å². The molecule has 2 aromatic rings. The van der Waals surface area contributed by atoms with Gasteiger partial charge >= 0.3 is 0 Å². The molecule has 0 saturated heterocycles. The summed E-state index contributed by atoms with van der Waals surface area (Å²) in [5, 5.41) is -1.03. The lowest BCUT2D eigenvalue weighted by molar-refractivity contribution is 0.582. The number of aryl methyl sites for hydroxylation is 1. The highest BCUT2D eigenvalue weighted by atomic mass is 32.2. The second kappa shape index (κ2) is 4.68. The molecule has 0 amide bonds. The van der Waals surface area contributed by atoms with Gasteiger partial charge < -0.3 is 0 Å². The van der Waals surface area contributed by atoms with E-state index in [4.69, 9.17) is 0 Å². The van der Waals surface area contributed by atoms with Crippen LogP contribution in [0.4, 0.5) is 0 Å². The Hall–Kier alpha value is -1.66. The van der Waals surface area contributed by atoms with Crippen LogP contribution in [0.15, 0.2) is 58.3 Å². The smallest absolute Gasteiger partial charge is 0.186 e. The van der Waals surface area contributed by atoms with Crippen LogP contribution < -0.4 is 0 Å². The van der Waals surface area contributed by atoms with Gasteiger partial charge in [-0.2, -0.15) is 0 Å². The van der Waals surface area contributed by atoms with Gasteiger partial charge in [-0.15, -0.1) is 0 Å². The molecule has 0 aliphatic carbocycles. The van der Waals surface area contributed by atoms with E-state index < -0.39 is 24.9 Å². The molecule has 0 saturated carbocycles. The topological polar surface area (TPSA) is 68.3 Å². The number of sulfone groups is 2. The molecule has 21 heavy (non-hydrogen) atoms. The highest BCUT2D eigenvalue weighted by molar-refractivity contribution is 7.96. The lowest BCUT2D eigenvalue weighted by Crippen LogP contribution is -2.15. The van der Waals surface area contributed by atoms with Gasteiger partial charge in [0.15, 0.2) is 19.7 Å². The first-order valence-corrected chi connectivity index (χ1v) is 9.64. The van der Waals surface area contributed by atoms with Crippen molar-refractivity contribution in [3.05, 3.63) is 59.7 Å². The van der Waals surface area contributed by atoms with Crippen LogP contribution in [0.25, 0.3) is 0 Å². The Morgan fingerprint density at radius 3 is 2.29 bits per heavy atom. The number of rotatable bonds is 2. The average Bonchev–Trinajstić information content (AvgIpc) is 2.73. The fraction of sp³-hybridized carbons (Fsp3) is 0.200. The van der Waals surface area contributed by atoms with Crippen molar-refractivity contribution < 1.29 is 16.8 Å². The van der Waals surface area contributed by atoms with Crippen LogP contribution in [0.2, 0.25) is 0 Å². The standard InChI is InChI=1S/C15H14O4S2/c1-11-6-8-12(9-7-11)21(18,19)15-10-20(16,17)14-5-3-2-4-13(14)15/h2-9,15H,10H2,1H3/t15-/m1/s1. The molecule has 1 aliphatic rings. The van der Waals surface area contributed by atoms with Gasteiger partial charge in [-0.05, 0) is 30.7 Å². The largest absolute Gasteiger partial charge is 0.224 e. The second-order valence-electron chi connectivity index (χ2n) is 5.17. The van der Waals surface area contributed by atoms with E-state index in [2.05, 4.69) is 0 Å². The van der Waals surface area contributed by atoms with Crippen molar-refractivity contribution in [2.75, 3.05) is 5.75 Å². The van der Waals surface area contributed by atoms with Gasteiger partial charge in [0.05, 0.1) is 15.5 Å². The summed E-state index contributed by atoms with van der Waals surface area (Å²) in [6.07, 6.45) is 0. The maximum absolute atomic E-state index is 12.7. The van der Waals surface area contributed by atoms with Crippen molar-refractivity contribution in [1.29, 1.82) is 0 Å². The van der Waals surface area contributed by atoms with E-state index in [-0.39, 0.29) is 15.5 Å². The van der Waals surface area contributed by atoms with Crippen LogP contribution in [0.5, 0.6) is 0 Å². The summed E-state index contributed by atoms with van der Waals surface area (Å²) in [5.74, 6) is -0.386. The third kappa shape index (κ3) is 2.28. The first kappa shape index (κ1) is 14.3. The van der Waals surface area contributed by atoms with Crippen LogP contribution >= 0.6 is 0 Å². The molecule has 110 valence electrons. The summed E-state index contributed by atoms with van der Waals surface area (Å²) in [6.45, 7) is 1.87. The molecule has 4 nitrogen and oxygen atoms in total. The molecule has 0 bridgehead atoms. The molecule has 0 spiro atoms. The molecule has 0 N–H and O–H groups in total. The number of hydrogen-bond acceptors (Lipinski definition) is 4. The SMILES string of the molecule is Cc1ccc(S(=O)(=O)[C@@H]2CS(=O)(=O)c3ccccc32)cc1. The van der Waals surface area contributed by atoms with Crippen LogP contribution in [0, 0.1) is 6.92 Å². The molecule has 0 aromatic heterocycles. The predicted molar refractivity (Wildman–Crippen MR) is 79.6 cm³/mol. The minimum atomic E-state index is -3.72. The molecule has 6 heteroatoms. The summed E-state index contributed by atoms with van der Waals surface area (Å²) in [5.41, 5.74) is 1.33. The van der Waals surface area contributed by atoms with Crippen molar-refractivity contribution in [3.8, 4) is 0 Å². The van der Waals surface area contributed by atoms with Crippen molar-refractivity contribution in [2.24, 2.45) is 0 Å². The van der Waals surface area contributed by atoms with E-state index in [1.165, 1.54) is 18.2 Å². The second-order valence-corrected chi connectivity index (χ2v) is 9.30. The van der Waals surface area contributed by atoms with Gasteiger partial charge in [0.1, 0.15) is 5.25 Å². The fourth-order valence-electron chi connectivity index (χ4n) is 2.56. The van der Waals surface area contributed by atoms with Gasteiger partial charge in [-0.1, -0.05) is 35.9 Å². The Bertz CT molecular complexity index is 895. The van der Waals surface area contributed by atoms with Gasteiger partial charge in [0.25, 0.3) is 0 Å². The lowest BCUT2D eigenvalue weighted by Gasteiger charge is -2.12. The van der Waals surface area contributed by atoms with Gasteiger partial charge in [0.2, 0.25) is 0 Å². The van der Waals surface area contributed by atoms with E-state index in [0.29, 0.717) is 5.56 Å². The van der Waals surface area contributed by atoms with Gasteiger partial charge in [-0.3, -0.25) is 0 Å². The van der Waals surface area contributed by atoms with Crippen molar-refractivity contribution in [2.45, 2.75) is 22.0 Å². The molecule has 1 heterocycles. The zero-order valence-electron chi connectivity index (χ0n) is 11.4. The van der Waals surface area contributed by atoms with Gasteiger partial charge in [-0.25, -0.2) is 16.8 Å². The zero-order valence-corrected chi connectivity index (χ0v) is 13.0. The quantitative estimate of drug-likeness (QED) is 0.851. The Balaban J connectivity index is 2.16. The summed E-state index contributed by atoms with van der Waals surface area (Å²) < 4.78 is 49.7. The molecule has 1 aliphatic heterocycles. The van der Waals surface area contributed by atoms with E-state index >= 15 is 0 Å². The van der Waals surface area contributed by atoms with Crippen molar-refractivity contribution >= 4 is 19.7 Å². The van der Waals surface area contributed by atoms with E-state index in [1.807, 2.05) is 6.92 Å². The Kier molecular flexibility index (Phi) is 3.18. The number of benzene rings is 2. The highest BCUT2D eigenvalue weighted by Crippen LogP contribution is 2.40. The minimum Gasteiger partial charge on any atom is -0.224 e. The Labute approximate surface area is 124 Å². The van der Waals surface area contributed by atoms with Gasteiger partial charge in [0, 0.05) is 0 Å². The molecular weight excluding hydrogens is 308 g/mol. The molecule has 3 rings (SSSR count). The maximum Gasteiger partial charge on any atom is 0.186 e. The Morgan fingerprint density at radius 2 is 1.62 bits per heavy atom. The molecule has 1 atom stereocenters. The van der Waals surface area contributed by atoms with Crippen LogP contribution in [-0.4, -0.2) is 22.6 Å². The first-order valence-electron chi connectivity index (χ1n) is 6.44. The maximum atomic E-state index is 12.7. The zero-order chi connectivity index (χ0) is 15.3. The summed E-state index contributed by atoms with van der Waals surface area (Å²) in [4.78, 5) is 0.288. The number of fused-ring (bicyclic) bond motifs is 1. The van der Waals surface area contributed by atoms with Crippen molar-refractivity contribution in [1.82, 2.24) is 0 Å². The van der Waals surface area contributed by atoms with E-state index in [0.717, 1.165) is 5.56 Å². The average molecular weight is 322 g/mol. The summed E-state index contributed by atoms with van der Waals surface area (Å²) >= 11 is 0. The molecule has 0 radical (unpaired) electrons. The van der Waals surface area contributed by atoms with Crippen LogP contribution in [-0.2, 0) is 19.7 Å². The lowest BCUT2D eigenvalue weighted by atomic mass is 10.2. The fourth-order valence-corrected chi connectivity index (χ4v) is 6.88. The van der Waals surface area contributed by atoms with Crippen LogP contribution in [0.3, 0.4) is 0 Å². The van der Waals surface area contributed by atoms with E-state index in [1.54, 1.807) is 30.3 Å². The Morgan fingerprint density at radius 1 is 1.00 bits per heavy atom. The highest BCUT2D eigenvalue weighted by Gasteiger charge is 2.42. The number of hydrogen-bond donors (Lipinski definition) is 0. The first-order chi connectivity index (χ1) is 9.82. The molecule has 2 aromatic carbocycles. The predicted octanol–water partition coefficient (Wildman–Crippen LogP) is 2.30. The molecule has 0 fully saturated rings. The third-order valence-corrected chi connectivity index (χ3v) is 7.82. The normalized spacial score (nSPS) is 20.1. The van der Waals surface area contributed by atoms with Crippen molar-refractivity contribution in [3.63, 3.8) is 0 Å². The monoisotopic (exact) mass is 322 g/mol. The van der Waals surface area contributed by atoms with Crippen LogP contribution in [0.1, 0.15) is 16.4 Å². The summed E-state index contributed by atoms with van der Waals surface area (Å²) in [7, 11) is -7.25. The third-order valence-electron chi connectivity index (χ3n) is 3.70. The molecule has 0 unspecified atom stereocenters. The summed E-state index contributed by atoms with van der Waals surface area (Å²) in [6, 6.07) is 12.8. The molecular formula is C15H14O4S2.